The fourth-order valence-electron chi connectivity index (χ4n) is 3.14. The third-order valence-corrected chi connectivity index (χ3v) is 5.14. The van der Waals surface area contributed by atoms with E-state index in [4.69, 9.17) is 30.5 Å². The zero-order chi connectivity index (χ0) is 25.4. The predicted octanol–water partition coefficient (Wildman–Crippen LogP) is 4.39. The Labute approximate surface area is 207 Å². The summed E-state index contributed by atoms with van der Waals surface area (Å²) >= 11 is 6.09. The van der Waals surface area contributed by atoms with Crippen molar-refractivity contribution in [1.82, 2.24) is 5.43 Å². The third kappa shape index (κ3) is 6.21. The summed E-state index contributed by atoms with van der Waals surface area (Å²) in [6, 6.07) is 14.5. The van der Waals surface area contributed by atoms with Gasteiger partial charge in [-0.05, 0) is 60.2 Å². The smallest absolute Gasteiger partial charge is 0.273 e. The van der Waals surface area contributed by atoms with Crippen molar-refractivity contribution < 1.29 is 28.5 Å². The highest BCUT2D eigenvalue weighted by Crippen LogP contribution is 2.29. The molecule has 0 aliphatic carbocycles. The van der Waals surface area contributed by atoms with Gasteiger partial charge < -0.3 is 24.3 Å². The summed E-state index contributed by atoms with van der Waals surface area (Å²) in [6.07, 6.45) is 1.45. The minimum absolute atomic E-state index is 0.135. The van der Waals surface area contributed by atoms with E-state index in [-0.39, 0.29) is 11.3 Å². The number of hydrogen-bond acceptors (Lipinski definition) is 7. The highest BCUT2D eigenvalue weighted by Gasteiger charge is 2.16. The first kappa shape index (κ1) is 25.4. The van der Waals surface area contributed by atoms with Crippen LogP contribution in [0.25, 0.3) is 0 Å². The molecule has 0 heterocycles. The Morgan fingerprint density at radius 1 is 0.771 bits per heavy atom. The van der Waals surface area contributed by atoms with Crippen molar-refractivity contribution in [3.05, 3.63) is 76.3 Å². The Morgan fingerprint density at radius 3 is 2.06 bits per heavy atom. The second-order valence-corrected chi connectivity index (χ2v) is 7.46. The number of rotatable bonds is 9. The van der Waals surface area contributed by atoms with E-state index < -0.39 is 11.8 Å². The lowest BCUT2D eigenvalue weighted by molar-refractivity contribution is 0.0956. The van der Waals surface area contributed by atoms with Gasteiger partial charge in [0.1, 0.15) is 0 Å². The maximum absolute atomic E-state index is 12.8. The number of anilines is 1. The molecule has 0 aliphatic heterocycles. The van der Waals surface area contributed by atoms with Gasteiger partial charge >= 0.3 is 0 Å². The lowest BCUT2D eigenvalue weighted by atomic mass is 10.1. The van der Waals surface area contributed by atoms with E-state index in [1.807, 2.05) is 0 Å². The number of carbonyl (C=O) groups excluding carboxylic acids is 2. The Kier molecular flexibility index (Phi) is 8.53. The number of ether oxygens (including phenoxy) is 4. The molecule has 0 saturated carbocycles. The first-order chi connectivity index (χ1) is 16.9. The summed E-state index contributed by atoms with van der Waals surface area (Å²) in [7, 11) is 6.05. The summed E-state index contributed by atoms with van der Waals surface area (Å²) in [6.45, 7) is 0. The zero-order valence-electron chi connectivity index (χ0n) is 19.5. The number of hydrazone groups is 1. The minimum atomic E-state index is -0.563. The van der Waals surface area contributed by atoms with Crippen LogP contribution in [0.1, 0.15) is 26.3 Å². The number of halogens is 1. The second-order valence-electron chi connectivity index (χ2n) is 7.03. The molecule has 3 aromatic carbocycles. The SMILES string of the molecule is COc1ccc(/C=N/NC(=O)c2cc(Cl)ccc2NC(=O)c2ccc(OC)c(OC)c2)cc1OC. The van der Waals surface area contributed by atoms with Gasteiger partial charge in [-0.1, -0.05) is 11.6 Å². The van der Waals surface area contributed by atoms with E-state index in [1.54, 1.807) is 43.5 Å². The van der Waals surface area contributed by atoms with Crippen molar-refractivity contribution in [1.29, 1.82) is 0 Å². The molecule has 3 aromatic rings. The number of hydrogen-bond donors (Lipinski definition) is 2. The highest BCUT2D eigenvalue weighted by molar-refractivity contribution is 6.31. The van der Waals surface area contributed by atoms with Crippen LogP contribution < -0.4 is 29.7 Å². The fraction of sp³-hybridized carbons (Fsp3) is 0.160. The van der Waals surface area contributed by atoms with E-state index in [0.29, 0.717) is 39.1 Å². The highest BCUT2D eigenvalue weighted by atomic mass is 35.5. The molecule has 182 valence electrons. The number of nitrogens with zero attached hydrogens (tertiary/aromatic N) is 1. The maximum atomic E-state index is 12.8. The standard InChI is InChI=1S/C25H24ClN3O6/c1-32-20-9-5-15(11-22(20)34-3)14-27-29-25(31)18-13-17(26)7-8-19(18)28-24(30)16-6-10-21(33-2)23(12-16)35-4/h5-14H,1-4H3,(H,28,30)(H,29,31)/b27-14+. The first-order valence-electron chi connectivity index (χ1n) is 10.3. The van der Waals surface area contributed by atoms with Crippen molar-refractivity contribution in [2.45, 2.75) is 0 Å². The fourth-order valence-corrected chi connectivity index (χ4v) is 3.32. The lowest BCUT2D eigenvalue weighted by Crippen LogP contribution is -2.21. The molecule has 3 rings (SSSR count). The molecule has 0 unspecified atom stereocenters. The first-order valence-corrected chi connectivity index (χ1v) is 10.7. The molecule has 9 nitrogen and oxygen atoms in total. The normalized spacial score (nSPS) is 10.5. The molecular weight excluding hydrogens is 474 g/mol. The molecule has 0 radical (unpaired) electrons. The van der Waals surface area contributed by atoms with Gasteiger partial charge in [-0.25, -0.2) is 5.43 Å². The topological polar surface area (TPSA) is 107 Å². The van der Waals surface area contributed by atoms with Gasteiger partial charge in [0.2, 0.25) is 0 Å². The predicted molar refractivity (Wildman–Crippen MR) is 134 cm³/mol. The molecule has 0 spiro atoms. The average Bonchev–Trinajstić information content (AvgIpc) is 2.88. The molecule has 0 atom stereocenters. The molecule has 0 saturated heterocycles. The Bertz CT molecular complexity index is 1260. The molecule has 0 fully saturated rings. The quantitative estimate of drug-likeness (QED) is 0.335. The Balaban J connectivity index is 1.77. The molecule has 0 aliphatic rings. The monoisotopic (exact) mass is 497 g/mol. The van der Waals surface area contributed by atoms with Gasteiger partial charge in [-0.15, -0.1) is 0 Å². The minimum Gasteiger partial charge on any atom is -0.493 e. The maximum Gasteiger partial charge on any atom is 0.273 e. The van der Waals surface area contributed by atoms with E-state index >= 15 is 0 Å². The van der Waals surface area contributed by atoms with Crippen LogP contribution in [0.3, 0.4) is 0 Å². The van der Waals surface area contributed by atoms with Crippen LogP contribution in [-0.4, -0.2) is 46.5 Å². The molecule has 2 amide bonds. The zero-order valence-corrected chi connectivity index (χ0v) is 20.3. The summed E-state index contributed by atoms with van der Waals surface area (Å²) < 4.78 is 20.9. The summed E-state index contributed by atoms with van der Waals surface area (Å²) in [4.78, 5) is 25.6. The molecular formula is C25H24ClN3O6. The van der Waals surface area contributed by atoms with Crippen LogP contribution in [0.2, 0.25) is 5.02 Å². The van der Waals surface area contributed by atoms with Crippen LogP contribution in [-0.2, 0) is 0 Å². The van der Waals surface area contributed by atoms with E-state index in [1.165, 1.54) is 45.7 Å². The summed E-state index contributed by atoms with van der Waals surface area (Å²) in [5.74, 6) is 0.977. The van der Waals surface area contributed by atoms with E-state index in [2.05, 4.69) is 15.8 Å². The van der Waals surface area contributed by atoms with Gasteiger partial charge in [0.05, 0.1) is 45.9 Å². The average molecular weight is 498 g/mol. The van der Waals surface area contributed by atoms with Crippen molar-refractivity contribution in [2.75, 3.05) is 33.8 Å². The van der Waals surface area contributed by atoms with Crippen molar-refractivity contribution >= 4 is 35.3 Å². The van der Waals surface area contributed by atoms with Gasteiger partial charge in [0.15, 0.2) is 23.0 Å². The largest absolute Gasteiger partial charge is 0.493 e. The third-order valence-electron chi connectivity index (χ3n) is 4.91. The molecule has 35 heavy (non-hydrogen) atoms. The van der Waals surface area contributed by atoms with Gasteiger partial charge in [0, 0.05) is 10.6 Å². The van der Waals surface area contributed by atoms with Crippen LogP contribution in [0.15, 0.2) is 59.7 Å². The van der Waals surface area contributed by atoms with Crippen molar-refractivity contribution in [3.63, 3.8) is 0 Å². The van der Waals surface area contributed by atoms with Crippen LogP contribution in [0.4, 0.5) is 5.69 Å². The molecule has 2 N–H and O–H groups in total. The lowest BCUT2D eigenvalue weighted by Gasteiger charge is -2.12. The van der Waals surface area contributed by atoms with Crippen LogP contribution in [0, 0.1) is 0 Å². The number of carbonyl (C=O) groups is 2. The number of methoxy groups -OCH3 is 4. The van der Waals surface area contributed by atoms with E-state index in [0.717, 1.165) is 0 Å². The number of amides is 2. The van der Waals surface area contributed by atoms with Crippen molar-refractivity contribution in [3.8, 4) is 23.0 Å². The molecule has 0 bridgehead atoms. The Hall–Kier alpha value is -4.24. The summed E-state index contributed by atoms with van der Waals surface area (Å²) in [5, 5.41) is 7.04. The second kappa shape index (κ2) is 11.8. The van der Waals surface area contributed by atoms with Crippen molar-refractivity contribution in [2.24, 2.45) is 5.10 Å². The number of benzene rings is 3. The molecule has 0 aromatic heterocycles. The Morgan fingerprint density at radius 2 is 1.40 bits per heavy atom. The van der Waals surface area contributed by atoms with E-state index in [9.17, 15) is 9.59 Å². The van der Waals surface area contributed by atoms with Crippen LogP contribution >= 0.6 is 11.6 Å². The van der Waals surface area contributed by atoms with Gasteiger partial charge in [-0.2, -0.15) is 5.10 Å². The van der Waals surface area contributed by atoms with Gasteiger partial charge in [0.25, 0.3) is 11.8 Å². The van der Waals surface area contributed by atoms with Crippen LogP contribution in [0.5, 0.6) is 23.0 Å². The summed E-state index contributed by atoms with van der Waals surface area (Å²) in [5.41, 5.74) is 3.82. The van der Waals surface area contributed by atoms with Gasteiger partial charge in [-0.3, -0.25) is 9.59 Å². The molecule has 10 heteroatoms. The number of nitrogens with one attached hydrogen (secondary N) is 2.